The van der Waals surface area contributed by atoms with Crippen molar-refractivity contribution in [2.75, 3.05) is 11.2 Å². The quantitative estimate of drug-likeness (QED) is 0.702. The van der Waals surface area contributed by atoms with E-state index in [1.54, 1.807) is 10.9 Å². The Kier molecular flexibility index (Phi) is 3.04. The van der Waals surface area contributed by atoms with E-state index in [-0.39, 0.29) is 11.8 Å². The molecule has 0 aliphatic carbocycles. The molecule has 66 valence electrons. The van der Waals surface area contributed by atoms with E-state index in [0.29, 0.717) is 5.82 Å². The zero-order valence-corrected chi connectivity index (χ0v) is 7.38. The fraction of sp³-hybridized carbons (Fsp3) is 0.500. The van der Waals surface area contributed by atoms with Crippen molar-refractivity contribution in [2.24, 2.45) is 0 Å². The second kappa shape index (κ2) is 4.06. The first-order valence-electron chi connectivity index (χ1n) is 3.52. The third kappa shape index (κ3) is 2.20. The van der Waals surface area contributed by atoms with Gasteiger partial charge >= 0.3 is 0 Å². The zero-order valence-electron chi connectivity index (χ0n) is 6.62. The molecule has 0 spiro atoms. The Morgan fingerprint density at radius 2 is 2.58 bits per heavy atom. The summed E-state index contributed by atoms with van der Waals surface area (Å²) in [5.41, 5.74) is 0. The van der Waals surface area contributed by atoms with Crippen molar-refractivity contribution < 1.29 is 4.79 Å². The van der Waals surface area contributed by atoms with Gasteiger partial charge in [0.05, 0.1) is 6.20 Å². The Hall–Kier alpha value is -1.10. The second-order valence-corrected chi connectivity index (χ2v) is 2.41. The van der Waals surface area contributed by atoms with E-state index in [4.69, 9.17) is 11.6 Å². The van der Waals surface area contributed by atoms with Gasteiger partial charge in [-0.15, -0.1) is 16.7 Å². The Morgan fingerprint density at radius 1 is 1.83 bits per heavy atom. The van der Waals surface area contributed by atoms with Crippen LogP contribution in [0.5, 0.6) is 0 Å². The summed E-state index contributed by atoms with van der Waals surface area (Å²) in [6.45, 7) is 2.66. The van der Waals surface area contributed by atoms with Crippen LogP contribution < -0.4 is 5.32 Å². The zero-order chi connectivity index (χ0) is 8.97. The van der Waals surface area contributed by atoms with Crippen LogP contribution in [0, 0.1) is 0 Å². The van der Waals surface area contributed by atoms with Crippen LogP contribution in [0.15, 0.2) is 6.20 Å². The highest BCUT2D eigenvalue weighted by atomic mass is 35.5. The Bertz CT molecular complexity index is 272. The van der Waals surface area contributed by atoms with Gasteiger partial charge in [0.25, 0.3) is 0 Å². The second-order valence-electron chi connectivity index (χ2n) is 2.14. The molecule has 1 N–H and O–H groups in total. The lowest BCUT2D eigenvalue weighted by molar-refractivity contribution is -0.113. The lowest BCUT2D eigenvalue weighted by Crippen LogP contribution is -2.12. The highest BCUT2D eigenvalue weighted by Crippen LogP contribution is 1.99. The number of aromatic nitrogens is 3. The van der Waals surface area contributed by atoms with Crippen molar-refractivity contribution in [1.82, 2.24) is 15.0 Å². The maximum Gasteiger partial charge on any atom is 0.240 e. The average molecular weight is 189 g/mol. The summed E-state index contributed by atoms with van der Waals surface area (Å²) in [5, 5.41) is 9.91. The molecule has 0 radical (unpaired) electrons. The molecule has 5 nitrogen and oxygen atoms in total. The lowest BCUT2D eigenvalue weighted by atomic mass is 10.6. The van der Waals surface area contributed by atoms with Gasteiger partial charge in [-0.3, -0.25) is 9.48 Å². The van der Waals surface area contributed by atoms with Crippen LogP contribution in [-0.2, 0) is 11.3 Å². The number of amides is 1. The van der Waals surface area contributed by atoms with E-state index in [1.165, 1.54) is 0 Å². The standard InChI is InChI=1S/C6H9ClN4O/c1-2-11-4-5(9-10-11)8-6(12)3-7/h4H,2-3H2,1H3,(H,8,12). The van der Waals surface area contributed by atoms with Crippen LogP contribution in [0.1, 0.15) is 6.92 Å². The molecule has 0 atom stereocenters. The number of anilines is 1. The average Bonchev–Trinajstić information content (AvgIpc) is 2.52. The van der Waals surface area contributed by atoms with Gasteiger partial charge in [-0.05, 0) is 6.92 Å². The van der Waals surface area contributed by atoms with Gasteiger partial charge in [0.2, 0.25) is 5.91 Å². The number of aryl methyl sites for hydroxylation is 1. The highest BCUT2D eigenvalue weighted by Gasteiger charge is 2.02. The third-order valence-corrected chi connectivity index (χ3v) is 1.49. The Labute approximate surface area is 74.7 Å². The fourth-order valence-corrected chi connectivity index (χ4v) is 0.753. The number of halogens is 1. The highest BCUT2D eigenvalue weighted by molar-refractivity contribution is 6.28. The van der Waals surface area contributed by atoms with Gasteiger partial charge in [0.1, 0.15) is 5.88 Å². The minimum Gasteiger partial charge on any atom is -0.307 e. The lowest BCUT2D eigenvalue weighted by Gasteiger charge is -1.94. The number of carbonyl (C=O) groups is 1. The smallest absolute Gasteiger partial charge is 0.240 e. The van der Waals surface area contributed by atoms with E-state index in [9.17, 15) is 4.79 Å². The molecule has 0 fully saturated rings. The first-order chi connectivity index (χ1) is 5.76. The molecule has 0 saturated heterocycles. The van der Waals surface area contributed by atoms with Gasteiger partial charge in [-0.1, -0.05) is 5.21 Å². The van der Waals surface area contributed by atoms with Crippen molar-refractivity contribution >= 4 is 23.3 Å². The fourth-order valence-electron chi connectivity index (χ4n) is 0.686. The molecule has 1 aromatic rings. The Balaban J connectivity index is 2.58. The third-order valence-electron chi connectivity index (χ3n) is 1.25. The number of alkyl halides is 1. The van der Waals surface area contributed by atoms with Gasteiger partial charge in [0.15, 0.2) is 5.82 Å². The number of hydrogen-bond acceptors (Lipinski definition) is 3. The summed E-state index contributed by atoms with van der Waals surface area (Å²) in [6.07, 6.45) is 1.64. The summed E-state index contributed by atoms with van der Waals surface area (Å²) in [4.78, 5) is 10.8. The minimum atomic E-state index is -0.278. The van der Waals surface area contributed by atoms with Crippen molar-refractivity contribution in [3.8, 4) is 0 Å². The SMILES string of the molecule is CCn1cc(NC(=O)CCl)nn1. The molecule has 12 heavy (non-hydrogen) atoms. The van der Waals surface area contributed by atoms with Crippen LogP contribution in [0.25, 0.3) is 0 Å². The van der Waals surface area contributed by atoms with E-state index in [2.05, 4.69) is 15.6 Å². The first-order valence-corrected chi connectivity index (χ1v) is 4.05. The molecule has 0 unspecified atom stereocenters. The Morgan fingerprint density at radius 3 is 3.08 bits per heavy atom. The van der Waals surface area contributed by atoms with Crippen molar-refractivity contribution in [2.45, 2.75) is 13.5 Å². The molecule has 1 heterocycles. The summed E-state index contributed by atoms with van der Waals surface area (Å²) >= 11 is 5.28. The van der Waals surface area contributed by atoms with Gasteiger partial charge in [-0.2, -0.15) is 0 Å². The summed E-state index contributed by atoms with van der Waals surface area (Å²) < 4.78 is 1.61. The molecule has 1 amide bonds. The normalized spacial score (nSPS) is 9.83. The summed E-state index contributed by atoms with van der Waals surface area (Å²) in [5.74, 6) is 0.0845. The molecule has 6 heteroatoms. The number of rotatable bonds is 3. The predicted molar refractivity (Wildman–Crippen MR) is 45.0 cm³/mol. The van der Waals surface area contributed by atoms with Crippen LogP contribution in [0.3, 0.4) is 0 Å². The number of nitrogens with zero attached hydrogens (tertiary/aromatic N) is 3. The van der Waals surface area contributed by atoms with E-state index < -0.39 is 0 Å². The predicted octanol–water partition coefficient (Wildman–Crippen LogP) is 0.475. The molecule has 0 saturated carbocycles. The maximum atomic E-state index is 10.8. The molecule has 0 aliphatic rings. The van der Waals surface area contributed by atoms with Gasteiger partial charge < -0.3 is 5.32 Å². The van der Waals surface area contributed by atoms with Crippen molar-refractivity contribution in [3.63, 3.8) is 0 Å². The summed E-state index contributed by atoms with van der Waals surface area (Å²) in [6, 6.07) is 0. The number of nitrogens with one attached hydrogen (secondary N) is 1. The number of carbonyl (C=O) groups excluding carboxylic acids is 1. The first kappa shape index (κ1) is 8.99. The minimum absolute atomic E-state index is 0.0705. The molecule has 1 aromatic heterocycles. The van der Waals surface area contributed by atoms with Crippen LogP contribution in [0.4, 0.5) is 5.82 Å². The van der Waals surface area contributed by atoms with Crippen molar-refractivity contribution in [1.29, 1.82) is 0 Å². The van der Waals surface area contributed by atoms with E-state index in [1.807, 2.05) is 6.92 Å². The maximum absolute atomic E-state index is 10.8. The van der Waals surface area contributed by atoms with Gasteiger partial charge in [-0.25, -0.2) is 0 Å². The summed E-state index contributed by atoms with van der Waals surface area (Å²) in [7, 11) is 0. The molecule has 0 bridgehead atoms. The van der Waals surface area contributed by atoms with Crippen molar-refractivity contribution in [3.05, 3.63) is 6.20 Å². The van der Waals surface area contributed by atoms with Crippen LogP contribution >= 0.6 is 11.6 Å². The number of hydrogen-bond donors (Lipinski definition) is 1. The largest absolute Gasteiger partial charge is 0.307 e. The molecule has 1 rings (SSSR count). The molecule has 0 aliphatic heterocycles. The van der Waals surface area contributed by atoms with Crippen LogP contribution in [0.2, 0.25) is 0 Å². The van der Waals surface area contributed by atoms with E-state index in [0.717, 1.165) is 6.54 Å². The van der Waals surface area contributed by atoms with E-state index >= 15 is 0 Å². The molecular weight excluding hydrogens is 180 g/mol. The molecular formula is C6H9ClN4O. The van der Waals surface area contributed by atoms with Gasteiger partial charge in [0, 0.05) is 6.54 Å². The molecule has 0 aromatic carbocycles. The van der Waals surface area contributed by atoms with Crippen LogP contribution in [-0.4, -0.2) is 26.8 Å². The monoisotopic (exact) mass is 188 g/mol. The topological polar surface area (TPSA) is 59.8 Å².